The molecule has 0 heterocycles. The number of benzene rings is 1. The van der Waals surface area contributed by atoms with Crippen molar-refractivity contribution < 1.29 is 14.0 Å². The lowest BCUT2D eigenvalue weighted by Crippen LogP contribution is -2.44. The molecule has 106 valence electrons. The van der Waals surface area contributed by atoms with Gasteiger partial charge in [0.2, 0.25) is 11.8 Å². The molecule has 1 aromatic rings. The number of carbonyl (C=O) groups excluding carboxylic acids is 2. The first-order valence-corrected chi connectivity index (χ1v) is 6.29. The highest BCUT2D eigenvalue weighted by molar-refractivity contribution is 5.87. The number of terminal acetylenes is 1. The maximum absolute atomic E-state index is 13.0. The number of rotatable bonds is 7. The predicted molar refractivity (Wildman–Crippen MR) is 73.9 cm³/mol. The molecule has 3 N–H and O–H groups in total. The minimum absolute atomic E-state index is 0.00329. The molecule has 5 heteroatoms. The van der Waals surface area contributed by atoms with E-state index >= 15 is 0 Å². The van der Waals surface area contributed by atoms with Crippen LogP contribution in [0.25, 0.3) is 0 Å². The molecule has 0 aliphatic carbocycles. The van der Waals surface area contributed by atoms with Crippen molar-refractivity contribution >= 4 is 11.8 Å². The van der Waals surface area contributed by atoms with Crippen molar-refractivity contribution in [3.8, 4) is 12.3 Å². The van der Waals surface area contributed by atoms with Gasteiger partial charge in [0.25, 0.3) is 0 Å². The number of nitrogens with two attached hydrogens (primary N) is 1. The normalized spacial score (nSPS) is 11.4. The van der Waals surface area contributed by atoms with Crippen molar-refractivity contribution in [2.45, 2.75) is 31.7 Å². The number of nitrogens with one attached hydrogen (secondary N) is 1. The van der Waals surface area contributed by atoms with E-state index in [0.29, 0.717) is 24.8 Å². The van der Waals surface area contributed by atoms with E-state index in [9.17, 15) is 14.0 Å². The van der Waals surface area contributed by atoms with E-state index in [1.807, 2.05) is 0 Å². The Morgan fingerprint density at radius 3 is 2.80 bits per heavy atom. The molecule has 0 saturated carbocycles. The third-order valence-corrected chi connectivity index (χ3v) is 2.75. The van der Waals surface area contributed by atoms with Crippen molar-refractivity contribution in [3.63, 3.8) is 0 Å². The molecule has 0 bridgehead atoms. The first-order chi connectivity index (χ1) is 9.52. The number of hydrogen-bond acceptors (Lipinski definition) is 2. The monoisotopic (exact) mass is 276 g/mol. The second kappa shape index (κ2) is 7.95. The van der Waals surface area contributed by atoms with E-state index in [2.05, 4.69) is 11.2 Å². The van der Waals surface area contributed by atoms with E-state index in [1.165, 1.54) is 18.2 Å². The van der Waals surface area contributed by atoms with Gasteiger partial charge in [0.1, 0.15) is 11.9 Å². The molecule has 0 spiro atoms. The summed E-state index contributed by atoms with van der Waals surface area (Å²) in [5, 5.41) is 2.54. The molecule has 0 radical (unpaired) electrons. The van der Waals surface area contributed by atoms with Crippen LogP contribution >= 0.6 is 0 Å². The van der Waals surface area contributed by atoms with Gasteiger partial charge in [0.05, 0.1) is 6.42 Å². The largest absolute Gasteiger partial charge is 0.368 e. The van der Waals surface area contributed by atoms with Crippen LogP contribution < -0.4 is 11.1 Å². The Kier molecular flexibility index (Phi) is 6.24. The topological polar surface area (TPSA) is 72.2 Å². The standard InChI is InChI=1S/C15H17FN2O2/c1-2-3-4-8-13(15(17)20)18-14(19)10-11-6-5-7-12(16)9-11/h1,5-7,9,13H,3-4,8,10H2,(H2,17,20)(H,18,19)/t13-/m0/s1. The Morgan fingerprint density at radius 2 is 2.20 bits per heavy atom. The zero-order valence-corrected chi connectivity index (χ0v) is 11.1. The smallest absolute Gasteiger partial charge is 0.240 e. The molecule has 0 unspecified atom stereocenters. The van der Waals surface area contributed by atoms with Crippen molar-refractivity contribution in [2.24, 2.45) is 5.73 Å². The molecule has 0 fully saturated rings. The Hall–Kier alpha value is -2.35. The van der Waals surface area contributed by atoms with Gasteiger partial charge in [0.15, 0.2) is 0 Å². The van der Waals surface area contributed by atoms with Crippen LogP contribution in [0.5, 0.6) is 0 Å². The fraction of sp³-hybridized carbons (Fsp3) is 0.333. The molecule has 20 heavy (non-hydrogen) atoms. The van der Waals surface area contributed by atoms with Gasteiger partial charge in [-0.25, -0.2) is 4.39 Å². The summed E-state index contributed by atoms with van der Waals surface area (Å²) in [5.41, 5.74) is 5.76. The van der Waals surface area contributed by atoms with E-state index in [-0.39, 0.29) is 12.3 Å². The summed E-state index contributed by atoms with van der Waals surface area (Å²) in [5.74, 6) is 1.07. The Bertz CT molecular complexity index is 523. The minimum atomic E-state index is -0.746. The highest BCUT2D eigenvalue weighted by Crippen LogP contribution is 2.05. The fourth-order valence-corrected chi connectivity index (χ4v) is 1.77. The third-order valence-electron chi connectivity index (χ3n) is 2.75. The number of hydrogen-bond donors (Lipinski definition) is 2. The zero-order valence-electron chi connectivity index (χ0n) is 11.1. The number of carbonyl (C=O) groups is 2. The number of unbranched alkanes of at least 4 members (excludes halogenated alkanes) is 1. The SMILES string of the molecule is C#CCCC[C@H](NC(=O)Cc1cccc(F)c1)C(N)=O. The van der Waals surface area contributed by atoms with Gasteiger partial charge in [-0.1, -0.05) is 12.1 Å². The summed E-state index contributed by atoms with van der Waals surface area (Å²) < 4.78 is 13.0. The average Bonchev–Trinajstić information content (AvgIpc) is 2.37. The molecule has 2 amide bonds. The lowest BCUT2D eigenvalue weighted by Gasteiger charge is -2.14. The van der Waals surface area contributed by atoms with E-state index < -0.39 is 17.8 Å². The highest BCUT2D eigenvalue weighted by atomic mass is 19.1. The molecule has 1 rings (SSSR count). The summed E-state index contributed by atoms with van der Waals surface area (Å²) in [6, 6.07) is 4.99. The minimum Gasteiger partial charge on any atom is -0.368 e. The van der Waals surface area contributed by atoms with Gasteiger partial charge < -0.3 is 11.1 Å². The maximum atomic E-state index is 13.0. The van der Waals surface area contributed by atoms with Crippen molar-refractivity contribution in [1.29, 1.82) is 0 Å². The summed E-state index contributed by atoms with van der Waals surface area (Å²) in [4.78, 5) is 23.0. The Labute approximate surface area is 117 Å². The Balaban J connectivity index is 2.53. The summed E-state index contributed by atoms with van der Waals surface area (Å²) in [6.45, 7) is 0. The molecule has 1 atom stereocenters. The van der Waals surface area contributed by atoms with Crippen LogP contribution in [0.4, 0.5) is 4.39 Å². The van der Waals surface area contributed by atoms with Gasteiger partial charge >= 0.3 is 0 Å². The van der Waals surface area contributed by atoms with Crippen LogP contribution in [0.2, 0.25) is 0 Å². The van der Waals surface area contributed by atoms with Gasteiger partial charge in [0, 0.05) is 6.42 Å². The van der Waals surface area contributed by atoms with Crippen molar-refractivity contribution in [2.75, 3.05) is 0 Å². The van der Waals surface area contributed by atoms with Gasteiger partial charge in [-0.15, -0.1) is 12.3 Å². The lowest BCUT2D eigenvalue weighted by atomic mass is 10.1. The van der Waals surface area contributed by atoms with Crippen LogP contribution in [-0.2, 0) is 16.0 Å². The second-order valence-electron chi connectivity index (χ2n) is 4.43. The van der Waals surface area contributed by atoms with Crippen LogP contribution in [-0.4, -0.2) is 17.9 Å². The van der Waals surface area contributed by atoms with E-state index in [1.54, 1.807) is 6.07 Å². The molecule has 0 aliphatic rings. The highest BCUT2D eigenvalue weighted by Gasteiger charge is 2.17. The lowest BCUT2D eigenvalue weighted by molar-refractivity contribution is -0.127. The Morgan fingerprint density at radius 1 is 1.45 bits per heavy atom. The summed E-state index contributed by atoms with van der Waals surface area (Å²) in [7, 11) is 0. The average molecular weight is 276 g/mol. The van der Waals surface area contributed by atoms with Crippen LogP contribution in [0.15, 0.2) is 24.3 Å². The van der Waals surface area contributed by atoms with E-state index in [0.717, 1.165) is 0 Å². The molecule has 0 aromatic heterocycles. The predicted octanol–water partition coefficient (Wildman–Crippen LogP) is 1.14. The number of halogens is 1. The summed E-state index contributed by atoms with van der Waals surface area (Å²) >= 11 is 0. The quantitative estimate of drug-likeness (QED) is 0.579. The third kappa shape index (κ3) is 5.53. The van der Waals surface area contributed by atoms with Crippen molar-refractivity contribution in [3.05, 3.63) is 35.6 Å². The molecule has 0 saturated heterocycles. The fourth-order valence-electron chi connectivity index (χ4n) is 1.77. The first-order valence-electron chi connectivity index (χ1n) is 6.29. The number of amides is 2. The second-order valence-corrected chi connectivity index (χ2v) is 4.43. The molecule has 0 aliphatic heterocycles. The maximum Gasteiger partial charge on any atom is 0.240 e. The van der Waals surface area contributed by atoms with Crippen LogP contribution in [0, 0.1) is 18.2 Å². The van der Waals surface area contributed by atoms with Crippen molar-refractivity contribution in [1.82, 2.24) is 5.32 Å². The summed E-state index contributed by atoms with van der Waals surface area (Å²) in [6.07, 6.45) is 6.63. The van der Waals surface area contributed by atoms with Crippen LogP contribution in [0.3, 0.4) is 0 Å². The molecule has 1 aromatic carbocycles. The van der Waals surface area contributed by atoms with Gasteiger partial charge in [-0.2, -0.15) is 0 Å². The molecule has 4 nitrogen and oxygen atoms in total. The van der Waals surface area contributed by atoms with Gasteiger partial charge in [-0.05, 0) is 30.5 Å². The molecular weight excluding hydrogens is 259 g/mol. The van der Waals surface area contributed by atoms with Gasteiger partial charge in [-0.3, -0.25) is 9.59 Å². The van der Waals surface area contributed by atoms with E-state index in [4.69, 9.17) is 12.2 Å². The number of primary amides is 1. The zero-order chi connectivity index (χ0) is 15.0. The molecular formula is C15H17FN2O2. The van der Waals surface area contributed by atoms with Crippen LogP contribution in [0.1, 0.15) is 24.8 Å². The first kappa shape index (κ1) is 15.7.